The van der Waals surface area contributed by atoms with Crippen LogP contribution in [0.4, 0.5) is 0 Å². The number of hydrogen-bond donors (Lipinski definition) is 3. The van der Waals surface area contributed by atoms with Gasteiger partial charge in [0.05, 0.1) is 0 Å². The Hall–Kier alpha value is -2.66. The van der Waals surface area contributed by atoms with Gasteiger partial charge in [-0.05, 0) is 37.5 Å². The zero-order valence-corrected chi connectivity index (χ0v) is 15.3. The second kappa shape index (κ2) is 9.15. The maximum atomic E-state index is 12.6. The van der Waals surface area contributed by atoms with E-state index in [4.69, 9.17) is 5.11 Å². The lowest BCUT2D eigenvalue weighted by Crippen LogP contribution is -2.29. The van der Waals surface area contributed by atoms with Crippen LogP contribution in [0.2, 0.25) is 0 Å². The van der Waals surface area contributed by atoms with Gasteiger partial charge in [0.2, 0.25) is 5.91 Å². The summed E-state index contributed by atoms with van der Waals surface area (Å²) >= 11 is 0. The zero-order chi connectivity index (χ0) is 19.1. The van der Waals surface area contributed by atoms with E-state index in [0.717, 1.165) is 17.6 Å². The molecule has 0 heterocycles. The van der Waals surface area contributed by atoms with Crippen molar-refractivity contribution in [2.45, 2.75) is 25.8 Å². The summed E-state index contributed by atoms with van der Waals surface area (Å²) in [6.07, 6.45) is 4.68. The molecule has 2 amide bonds. The molecule has 2 rings (SSSR count). The highest BCUT2D eigenvalue weighted by atomic mass is 16.3. The first kappa shape index (κ1) is 19.7. The van der Waals surface area contributed by atoms with Crippen LogP contribution in [0.1, 0.15) is 18.9 Å². The molecule has 0 aliphatic heterocycles. The Morgan fingerprint density at radius 1 is 1.23 bits per heavy atom. The van der Waals surface area contributed by atoms with Gasteiger partial charge < -0.3 is 15.7 Å². The Balaban J connectivity index is 2.17. The number of hydrogen-bond acceptors (Lipinski definition) is 3. The molecule has 0 spiro atoms. The molecule has 1 unspecified atom stereocenters. The molecule has 1 aliphatic rings. The fraction of sp³-hybridized carbons (Fsp3) is 0.333. The summed E-state index contributed by atoms with van der Waals surface area (Å²) in [5.74, 6) is -0.378. The Kier molecular flexibility index (Phi) is 6.92. The standard InChI is InChI=1S/C21H26N2O3/c1-14(9-16-7-5-4-6-8-16)10-17(11-15(2)20(25)22-3)21(26)23-19-12-18(19)13-24/h4-8,10-11,18-19,24H,1,9,12-13H2,2-3H3,(H,22,25)(H,23,26)/b15-11+,17-10+/t18-,19?/m1/s1. The number of likely N-dealkylation sites (N-methyl/N-ethyl adjacent to an activating group) is 1. The largest absolute Gasteiger partial charge is 0.396 e. The summed E-state index contributed by atoms with van der Waals surface area (Å²) in [5.41, 5.74) is 2.70. The van der Waals surface area contributed by atoms with Crippen molar-refractivity contribution in [3.05, 3.63) is 71.3 Å². The highest BCUT2D eigenvalue weighted by Gasteiger charge is 2.37. The van der Waals surface area contributed by atoms with Gasteiger partial charge >= 0.3 is 0 Å². The summed E-state index contributed by atoms with van der Waals surface area (Å²) in [7, 11) is 1.55. The molecule has 138 valence electrons. The van der Waals surface area contributed by atoms with Crippen LogP contribution in [-0.2, 0) is 16.0 Å². The zero-order valence-electron chi connectivity index (χ0n) is 15.3. The van der Waals surface area contributed by atoms with E-state index in [9.17, 15) is 9.59 Å². The van der Waals surface area contributed by atoms with Crippen LogP contribution < -0.4 is 10.6 Å². The lowest BCUT2D eigenvalue weighted by molar-refractivity contribution is -0.117. The van der Waals surface area contributed by atoms with Crippen molar-refractivity contribution in [2.24, 2.45) is 5.92 Å². The minimum atomic E-state index is -0.261. The van der Waals surface area contributed by atoms with Gasteiger partial charge in [-0.25, -0.2) is 0 Å². The van der Waals surface area contributed by atoms with Crippen LogP contribution in [0.15, 0.2) is 65.8 Å². The molecule has 1 fully saturated rings. The topological polar surface area (TPSA) is 78.4 Å². The Morgan fingerprint density at radius 3 is 2.50 bits per heavy atom. The monoisotopic (exact) mass is 354 g/mol. The van der Waals surface area contributed by atoms with Crippen molar-refractivity contribution >= 4 is 11.8 Å². The van der Waals surface area contributed by atoms with Crippen LogP contribution in [-0.4, -0.2) is 36.6 Å². The lowest BCUT2D eigenvalue weighted by Gasteiger charge is -2.09. The van der Waals surface area contributed by atoms with Crippen molar-refractivity contribution in [1.82, 2.24) is 10.6 Å². The fourth-order valence-electron chi connectivity index (χ4n) is 2.68. The van der Waals surface area contributed by atoms with Crippen LogP contribution in [0.3, 0.4) is 0 Å². The van der Waals surface area contributed by atoms with Crippen molar-refractivity contribution in [3.63, 3.8) is 0 Å². The summed E-state index contributed by atoms with van der Waals surface area (Å²) in [6.45, 7) is 5.77. The van der Waals surface area contributed by atoms with E-state index >= 15 is 0 Å². The van der Waals surface area contributed by atoms with Crippen LogP contribution in [0.25, 0.3) is 0 Å². The minimum absolute atomic E-state index is 0.00741. The number of rotatable bonds is 8. The predicted molar refractivity (Wildman–Crippen MR) is 102 cm³/mol. The molecule has 0 aromatic heterocycles. The molecule has 1 saturated carbocycles. The molecule has 0 bridgehead atoms. The number of aliphatic hydroxyl groups is 1. The average molecular weight is 354 g/mol. The molecule has 1 aromatic rings. The molecular weight excluding hydrogens is 328 g/mol. The number of carbonyl (C=O) groups is 2. The van der Waals surface area contributed by atoms with Gasteiger partial charge in [-0.1, -0.05) is 42.5 Å². The van der Waals surface area contributed by atoms with Gasteiger partial charge in [-0.15, -0.1) is 0 Å². The molecule has 26 heavy (non-hydrogen) atoms. The molecular formula is C21H26N2O3. The summed E-state index contributed by atoms with van der Waals surface area (Å²) in [6, 6.07) is 9.85. The fourth-order valence-corrected chi connectivity index (χ4v) is 2.68. The minimum Gasteiger partial charge on any atom is -0.396 e. The molecule has 0 saturated heterocycles. The maximum absolute atomic E-state index is 12.6. The third-order valence-electron chi connectivity index (χ3n) is 4.33. The molecule has 5 heteroatoms. The Bertz CT molecular complexity index is 735. The molecule has 3 N–H and O–H groups in total. The van der Waals surface area contributed by atoms with E-state index < -0.39 is 0 Å². The predicted octanol–water partition coefficient (Wildman–Crippen LogP) is 1.90. The number of aliphatic hydroxyl groups excluding tert-OH is 1. The van der Waals surface area contributed by atoms with Crippen molar-refractivity contribution < 1.29 is 14.7 Å². The van der Waals surface area contributed by atoms with Crippen LogP contribution in [0, 0.1) is 5.92 Å². The smallest absolute Gasteiger partial charge is 0.251 e. The van der Waals surface area contributed by atoms with Gasteiger partial charge in [0.1, 0.15) is 0 Å². The van der Waals surface area contributed by atoms with Crippen LogP contribution in [0.5, 0.6) is 0 Å². The normalized spacial score (nSPS) is 19.7. The van der Waals surface area contributed by atoms with E-state index in [2.05, 4.69) is 17.2 Å². The van der Waals surface area contributed by atoms with Crippen molar-refractivity contribution in [2.75, 3.05) is 13.7 Å². The first-order valence-corrected chi connectivity index (χ1v) is 8.70. The molecule has 2 atom stereocenters. The second-order valence-electron chi connectivity index (χ2n) is 6.59. The van der Waals surface area contributed by atoms with Crippen molar-refractivity contribution in [1.29, 1.82) is 0 Å². The molecule has 5 nitrogen and oxygen atoms in total. The van der Waals surface area contributed by atoms with E-state index in [1.807, 2.05) is 30.3 Å². The third kappa shape index (κ3) is 5.70. The number of allylic oxidation sites excluding steroid dienone is 2. The second-order valence-corrected chi connectivity index (χ2v) is 6.59. The van der Waals surface area contributed by atoms with Gasteiger partial charge in [0, 0.05) is 36.8 Å². The lowest BCUT2D eigenvalue weighted by atomic mass is 10.0. The molecule has 1 aliphatic carbocycles. The van der Waals surface area contributed by atoms with E-state index in [1.54, 1.807) is 26.1 Å². The highest BCUT2D eigenvalue weighted by molar-refractivity contribution is 6.00. The Labute approximate surface area is 154 Å². The maximum Gasteiger partial charge on any atom is 0.251 e. The van der Waals surface area contributed by atoms with Gasteiger partial charge in [-0.3, -0.25) is 9.59 Å². The SMILES string of the molecule is C=C(/C=C(\C=C(/C)C(=O)NC)C(=O)NC1C[C@@H]1CO)Cc1ccccc1. The van der Waals surface area contributed by atoms with E-state index in [-0.39, 0.29) is 30.4 Å². The number of carbonyl (C=O) groups excluding carboxylic acids is 2. The summed E-state index contributed by atoms with van der Waals surface area (Å²) in [4.78, 5) is 24.4. The first-order chi connectivity index (χ1) is 12.4. The quantitative estimate of drug-likeness (QED) is 0.493. The summed E-state index contributed by atoms with van der Waals surface area (Å²) in [5, 5.41) is 14.6. The molecule has 1 aromatic carbocycles. The number of benzene rings is 1. The summed E-state index contributed by atoms with van der Waals surface area (Å²) < 4.78 is 0. The number of nitrogens with one attached hydrogen (secondary N) is 2. The van der Waals surface area contributed by atoms with Gasteiger partial charge in [0.15, 0.2) is 0 Å². The van der Waals surface area contributed by atoms with E-state index in [1.165, 1.54) is 0 Å². The van der Waals surface area contributed by atoms with Crippen LogP contribution >= 0.6 is 0 Å². The third-order valence-corrected chi connectivity index (χ3v) is 4.33. The first-order valence-electron chi connectivity index (χ1n) is 8.70. The van der Waals surface area contributed by atoms with E-state index in [0.29, 0.717) is 17.6 Å². The van der Waals surface area contributed by atoms with Crippen molar-refractivity contribution in [3.8, 4) is 0 Å². The average Bonchev–Trinajstić information content (AvgIpc) is 3.39. The highest BCUT2D eigenvalue weighted by Crippen LogP contribution is 2.29. The van der Waals surface area contributed by atoms with Gasteiger partial charge in [-0.2, -0.15) is 0 Å². The number of amides is 2. The van der Waals surface area contributed by atoms with Gasteiger partial charge in [0.25, 0.3) is 5.91 Å². The molecule has 0 radical (unpaired) electrons. The Morgan fingerprint density at radius 2 is 1.92 bits per heavy atom.